The number of thiocarbonyl (C=S) groups is 1. The number of benzene rings is 1. The zero-order valence-corrected chi connectivity index (χ0v) is 15.4. The first-order valence-electron chi connectivity index (χ1n) is 8.43. The van der Waals surface area contributed by atoms with Crippen LogP contribution in [-0.2, 0) is 9.53 Å². The molecule has 1 saturated heterocycles. The average molecular weight is 367 g/mol. The summed E-state index contributed by atoms with van der Waals surface area (Å²) in [7, 11) is 0. The Morgan fingerprint density at radius 3 is 2.68 bits per heavy atom. The molecule has 1 aliphatic heterocycles. The van der Waals surface area contributed by atoms with Crippen molar-refractivity contribution in [2.75, 3.05) is 19.8 Å². The van der Waals surface area contributed by atoms with E-state index in [1.165, 1.54) is 0 Å². The van der Waals surface area contributed by atoms with Gasteiger partial charge in [-0.25, -0.2) is 0 Å². The van der Waals surface area contributed by atoms with Gasteiger partial charge in [0, 0.05) is 13.2 Å². The van der Waals surface area contributed by atoms with Gasteiger partial charge in [0.2, 0.25) is 0 Å². The third-order valence-electron chi connectivity index (χ3n) is 3.63. The lowest BCUT2D eigenvalue weighted by atomic mass is 10.2. The van der Waals surface area contributed by atoms with Crippen LogP contribution in [0.3, 0.4) is 0 Å². The molecule has 0 aliphatic carbocycles. The third-order valence-corrected chi connectivity index (χ3v) is 3.88. The van der Waals surface area contributed by atoms with Crippen LogP contribution in [0.25, 0.3) is 0 Å². The molecule has 0 bridgehead atoms. The van der Waals surface area contributed by atoms with Gasteiger partial charge in [0.1, 0.15) is 11.5 Å². The summed E-state index contributed by atoms with van der Waals surface area (Å²) in [6.07, 6.45) is 1.60. The Hall–Kier alpha value is -2.06. The van der Waals surface area contributed by atoms with Crippen LogP contribution in [0, 0.1) is 0 Å². The number of amides is 1. The molecule has 0 aromatic heterocycles. The fourth-order valence-electron chi connectivity index (χ4n) is 2.31. The van der Waals surface area contributed by atoms with Crippen LogP contribution in [0.4, 0.5) is 0 Å². The highest BCUT2D eigenvalue weighted by Crippen LogP contribution is 2.18. The van der Waals surface area contributed by atoms with Gasteiger partial charge in [-0.1, -0.05) is 0 Å². The summed E-state index contributed by atoms with van der Waals surface area (Å²) in [5.41, 5.74) is 5.19. The van der Waals surface area contributed by atoms with Crippen molar-refractivity contribution < 1.29 is 19.0 Å². The second-order valence-corrected chi connectivity index (χ2v) is 6.03. The number of carbonyl (C=O) groups is 1. The highest BCUT2D eigenvalue weighted by atomic mass is 32.1. The summed E-state index contributed by atoms with van der Waals surface area (Å²) in [5, 5.41) is 3.36. The molecule has 0 saturated carbocycles. The minimum atomic E-state index is -0.675. The summed E-state index contributed by atoms with van der Waals surface area (Å²) in [5.74, 6) is 1.02. The Morgan fingerprint density at radius 2 is 2.04 bits per heavy atom. The van der Waals surface area contributed by atoms with Crippen LogP contribution in [-0.4, -0.2) is 43.0 Å². The summed E-state index contributed by atoms with van der Waals surface area (Å²) < 4.78 is 16.4. The van der Waals surface area contributed by atoms with Gasteiger partial charge >= 0.3 is 0 Å². The molecule has 1 fully saturated rings. The number of rotatable bonds is 7. The number of carbonyl (C=O) groups excluding carboxylic acids is 1. The van der Waals surface area contributed by atoms with E-state index in [1.54, 1.807) is 31.2 Å². The van der Waals surface area contributed by atoms with Crippen molar-refractivity contribution in [2.24, 2.45) is 0 Å². The SMILES string of the molecule is CCOc1ccc(O[C@@H](C)C(=O)NNC(=S)NC[C@@H]2CCCO2)cc1. The van der Waals surface area contributed by atoms with Crippen LogP contribution in [0.5, 0.6) is 11.5 Å². The Balaban J connectivity index is 1.67. The van der Waals surface area contributed by atoms with Gasteiger partial charge in [-0.3, -0.25) is 15.6 Å². The normalized spacial score (nSPS) is 17.4. The standard InChI is InChI=1S/C17H25N3O4S/c1-3-22-13-6-8-14(9-7-13)24-12(2)16(21)19-20-17(25)18-11-15-5-4-10-23-15/h6-9,12,15H,3-5,10-11H2,1-2H3,(H,19,21)(H2,18,20,25)/t12-,15-/m0/s1. The van der Waals surface area contributed by atoms with E-state index in [1.807, 2.05) is 6.92 Å². The predicted molar refractivity (Wildman–Crippen MR) is 98.6 cm³/mol. The molecule has 25 heavy (non-hydrogen) atoms. The number of hydrogen-bond acceptors (Lipinski definition) is 5. The molecule has 0 radical (unpaired) electrons. The van der Waals surface area contributed by atoms with Gasteiger partial charge in [0.05, 0.1) is 12.7 Å². The molecule has 0 spiro atoms. The maximum atomic E-state index is 12.0. The topological polar surface area (TPSA) is 80.9 Å². The van der Waals surface area contributed by atoms with Gasteiger partial charge in [-0.15, -0.1) is 0 Å². The van der Waals surface area contributed by atoms with E-state index in [0.29, 0.717) is 24.0 Å². The first kappa shape index (κ1) is 19.3. The zero-order chi connectivity index (χ0) is 18.1. The molecule has 1 aromatic rings. The maximum Gasteiger partial charge on any atom is 0.279 e. The van der Waals surface area contributed by atoms with Crippen LogP contribution in [0.2, 0.25) is 0 Å². The molecular formula is C17H25N3O4S. The fourth-order valence-corrected chi connectivity index (χ4v) is 2.45. The average Bonchev–Trinajstić information content (AvgIpc) is 3.13. The molecular weight excluding hydrogens is 342 g/mol. The van der Waals surface area contributed by atoms with E-state index >= 15 is 0 Å². The molecule has 7 nitrogen and oxygen atoms in total. The molecule has 138 valence electrons. The minimum Gasteiger partial charge on any atom is -0.494 e. The van der Waals surface area contributed by atoms with Crippen molar-refractivity contribution in [3.8, 4) is 11.5 Å². The molecule has 1 aliphatic rings. The summed E-state index contributed by atoms with van der Waals surface area (Å²) in [6.45, 7) is 5.61. The van der Waals surface area contributed by atoms with Crippen LogP contribution < -0.4 is 25.6 Å². The number of hydrogen-bond donors (Lipinski definition) is 3. The van der Waals surface area contributed by atoms with Crippen molar-refractivity contribution >= 4 is 23.2 Å². The van der Waals surface area contributed by atoms with Crippen LogP contribution in [0.15, 0.2) is 24.3 Å². The van der Waals surface area contributed by atoms with Gasteiger partial charge in [-0.05, 0) is 63.2 Å². The number of hydrazine groups is 1. The summed E-state index contributed by atoms with van der Waals surface area (Å²) in [4.78, 5) is 12.0. The quantitative estimate of drug-likeness (QED) is 0.498. The molecule has 3 N–H and O–H groups in total. The van der Waals surface area contributed by atoms with Crippen molar-refractivity contribution in [2.45, 2.75) is 38.9 Å². The second kappa shape index (κ2) is 10.0. The van der Waals surface area contributed by atoms with E-state index in [9.17, 15) is 4.79 Å². The maximum absolute atomic E-state index is 12.0. The van der Waals surface area contributed by atoms with Crippen LogP contribution in [0.1, 0.15) is 26.7 Å². The van der Waals surface area contributed by atoms with E-state index < -0.39 is 6.10 Å². The number of ether oxygens (including phenoxy) is 3. The van der Waals surface area contributed by atoms with E-state index in [2.05, 4.69) is 16.2 Å². The van der Waals surface area contributed by atoms with E-state index in [-0.39, 0.29) is 12.0 Å². The summed E-state index contributed by atoms with van der Waals surface area (Å²) in [6, 6.07) is 7.11. The highest BCUT2D eigenvalue weighted by molar-refractivity contribution is 7.80. The van der Waals surface area contributed by atoms with Gasteiger partial charge in [-0.2, -0.15) is 0 Å². The van der Waals surface area contributed by atoms with E-state index in [4.69, 9.17) is 26.4 Å². The van der Waals surface area contributed by atoms with Gasteiger partial charge in [0.25, 0.3) is 5.91 Å². The van der Waals surface area contributed by atoms with Crippen molar-refractivity contribution in [3.05, 3.63) is 24.3 Å². The molecule has 8 heteroatoms. The minimum absolute atomic E-state index is 0.178. The lowest BCUT2D eigenvalue weighted by molar-refractivity contribution is -0.127. The fraction of sp³-hybridized carbons (Fsp3) is 0.529. The summed E-state index contributed by atoms with van der Waals surface area (Å²) >= 11 is 5.12. The molecule has 1 amide bonds. The first-order valence-corrected chi connectivity index (χ1v) is 8.84. The Morgan fingerprint density at radius 1 is 1.32 bits per heavy atom. The van der Waals surface area contributed by atoms with Crippen molar-refractivity contribution in [3.63, 3.8) is 0 Å². The second-order valence-electron chi connectivity index (χ2n) is 5.62. The van der Waals surface area contributed by atoms with Crippen LogP contribution >= 0.6 is 12.2 Å². The predicted octanol–water partition coefficient (Wildman–Crippen LogP) is 1.53. The largest absolute Gasteiger partial charge is 0.494 e. The monoisotopic (exact) mass is 367 g/mol. The van der Waals surface area contributed by atoms with Gasteiger partial charge in [0.15, 0.2) is 11.2 Å². The van der Waals surface area contributed by atoms with Gasteiger partial charge < -0.3 is 19.5 Å². The third kappa shape index (κ3) is 6.75. The number of nitrogens with one attached hydrogen (secondary N) is 3. The molecule has 0 unspecified atom stereocenters. The van der Waals surface area contributed by atoms with Crippen molar-refractivity contribution in [1.29, 1.82) is 0 Å². The lowest BCUT2D eigenvalue weighted by Crippen LogP contribution is -2.51. The Kier molecular flexibility index (Phi) is 7.75. The smallest absolute Gasteiger partial charge is 0.279 e. The zero-order valence-electron chi connectivity index (χ0n) is 14.5. The Labute approximate surface area is 153 Å². The molecule has 1 heterocycles. The highest BCUT2D eigenvalue weighted by Gasteiger charge is 2.17. The first-order chi connectivity index (χ1) is 12.1. The molecule has 2 rings (SSSR count). The van der Waals surface area contributed by atoms with Crippen molar-refractivity contribution in [1.82, 2.24) is 16.2 Å². The van der Waals surface area contributed by atoms with E-state index in [0.717, 1.165) is 25.2 Å². The lowest BCUT2D eigenvalue weighted by Gasteiger charge is -2.17. The molecule has 2 atom stereocenters. The Bertz CT molecular complexity index is 562. The molecule has 1 aromatic carbocycles.